The molecule has 0 fully saturated rings. The van der Waals surface area contributed by atoms with Crippen LogP contribution in [0.5, 0.6) is 0 Å². The van der Waals surface area contributed by atoms with Crippen molar-refractivity contribution in [3.05, 3.63) is 29.7 Å². The second-order valence-corrected chi connectivity index (χ2v) is 3.65. The molecule has 7 heteroatoms. The van der Waals surface area contributed by atoms with Gasteiger partial charge in [0.15, 0.2) is 0 Å². The molecule has 0 unspecified atom stereocenters. The number of halogens is 1. The molecule has 84 valence electrons. The first-order valence-electron chi connectivity index (χ1n) is 4.80. The van der Waals surface area contributed by atoms with Gasteiger partial charge in [-0.2, -0.15) is 0 Å². The summed E-state index contributed by atoms with van der Waals surface area (Å²) in [5.41, 5.74) is 0. The van der Waals surface area contributed by atoms with Crippen molar-refractivity contribution in [3.8, 4) is 0 Å². The van der Waals surface area contributed by atoms with Gasteiger partial charge in [0.1, 0.15) is 23.1 Å². The van der Waals surface area contributed by atoms with Crippen molar-refractivity contribution in [3.63, 3.8) is 0 Å². The van der Waals surface area contributed by atoms with Gasteiger partial charge in [-0.3, -0.25) is 4.98 Å². The fourth-order valence-corrected chi connectivity index (χ4v) is 1.41. The molecule has 2 aromatic rings. The molecule has 0 aliphatic heterocycles. The molecule has 16 heavy (non-hydrogen) atoms. The summed E-state index contributed by atoms with van der Waals surface area (Å²) in [5.74, 6) is 1.58. The molecule has 0 aliphatic carbocycles. The normalized spacial score (nSPS) is 10.4. The van der Waals surface area contributed by atoms with Gasteiger partial charge in [-0.15, -0.1) is 10.2 Å². The van der Waals surface area contributed by atoms with E-state index in [4.69, 9.17) is 11.6 Å². The molecule has 0 saturated carbocycles. The van der Waals surface area contributed by atoms with E-state index >= 15 is 0 Å². The fourth-order valence-electron chi connectivity index (χ4n) is 1.26. The summed E-state index contributed by atoms with van der Waals surface area (Å²) in [4.78, 5) is 7.99. The Labute approximate surface area is 97.7 Å². The van der Waals surface area contributed by atoms with E-state index in [2.05, 4.69) is 25.5 Å². The largest absolute Gasteiger partial charge is 0.368 e. The Hall–Kier alpha value is -1.69. The summed E-state index contributed by atoms with van der Waals surface area (Å²) in [6.45, 7) is 0.710. The van der Waals surface area contributed by atoms with Gasteiger partial charge >= 0.3 is 0 Å². The Balaban J connectivity index is 1.87. The fraction of sp³-hybridized carbons (Fsp3) is 0.333. The quantitative estimate of drug-likeness (QED) is 0.858. The number of hydrogen-bond acceptors (Lipinski definition) is 5. The maximum atomic E-state index is 5.71. The highest BCUT2D eigenvalue weighted by atomic mass is 35.5. The molecule has 0 bridgehead atoms. The summed E-state index contributed by atoms with van der Waals surface area (Å²) in [7, 11) is 1.91. The van der Waals surface area contributed by atoms with Crippen molar-refractivity contribution >= 4 is 17.4 Å². The summed E-state index contributed by atoms with van der Waals surface area (Å²) < 4.78 is 1.88. The lowest BCUT2D eigenvalue weighted by Crippen LogP contribution is -2.09. The lowest BCUT2D eigenvalue weighted by molar-refractivity contribution is 0.787. The van der Waals surface area contributed by atoms with Crippen molar-refractivity contribution < 1.29 is 0 Å². The smallest absolute Gasteiger partial charge is 0.149 e. The number of nitrogens with zero attached hydrogens (tertiary/aromatic N) is 5. The summed E-state index contributed by atoms with van der Waals surface area (Å²) >= 11 is 5.71. The molecule has 0 amide bonds. The van der Waals surface area contributed by atoms with Crippen molar-refractivity contribution in [2.75, 3.05) is 11.9 Å². The second-order valence-electron chi connectivity index (χ2n) is 3.26. The van der Waals surface area contributed by atoms with Crippen LogP contribution < -0.4 is 5.32 Å². The summed E-state index contributed by atoms with van der Waals surface area (Å²) in [6.07, 6.45) is 5.57. The maximum absolute atomic E-state index is 5.71. The zero-order valence-electron chi connectivity index (χ0n) is 8.76. The van der Waals surface area contributed by atoms with Crippen molar-refractivity contribution in [1.29, 1.82) is 0 Å². The Morgan fingerprint density at radius 2 is 2.31 bits per heavy atom. The predicted octanol–water partition coefficient (Wildman–Crippen LogP) is 0.913. The number of aromatic nitrogens is 5. The van der Waals surface area contributed by atoms with Crippen molar-refractivity contribution in [1.82, 2.24) is 24.7 Å². The highest BCUT2D eigenvalue weighted by molar-refractivity contribution is 6.29. The molecule has 0 spiro atoms. The van der Waals surface area contributed by atoms with Gasteiger partial charge in [-0.25, -0.2) is 4.98 Å². The number of rotatable bonds is 4. The monoisotopic (exact) mass is 238 g/mol. The van der Waals surface area contributed by atoms with Crippen LogP contribution in [0.4, 0.5) is 5.82 Å². The first-order valence-corrected chi connectivity index (χ1v) is 5.18. The molecule has 0 aliphatic rings. The predicted molar refractivity (Wildman–Crippen MR) is 60.2 cm³/mol. The Kier molecular flexibility index (Phi) is 3.31. The average Bonchev–Trinajstić information content (AvgIpc) is 2.65. The minimum absolute atomic E-state index is 0.378. The minimum atomic E-state index is 0.378. The lowest BCUT2D eigenvalue weighted by atomic mass is 10.4. The highest BCUT2D eigenvalue weighted by Gasteiger charge is 2.00. The maximum Gasteiger partial charge on any atom is 0.149 e. The molecule has 1 N–H and O–H groups in total. The lowest BCUT2D eigenvalue weighted by Gasteiger charge is -2.04. The Morgan fingerprint density at radius 3 is 3.00 bits per heavy atom. The summed E-state index contributed by atoms with van der Waals surface area (Å²) in [6, 6.07) is 0. The van der Waals surface area contributed by atoms with Crippen LogP contribution in [0.3, 0.4) is 0 Å². The van der Waals surface area contributed by atoms with Crippen molar-refractivity contribution in [2.24, 2.45) is 7.05 Å². The molecule has 0 atom stereocenters. The summed E-state index contributed by atoms with van der Waals surface area (Å²) in [5, 5.41) is 11.3. The van der Waals surface area contributed by atoms with Crippen LogP contribution in [0, 0.1) is 0 Å². The van der Waals surface area contributed by atoms with E-state index in [-0.39, 0.29) is 0 Å². The average molecular weight is 239 g/mol. The SMILES string of the molecule is Cn1cnnc1CCNc1cncc(Cl)n1. The first-order chi connectivity index (χ1) is 7.75. The number of nitrogens with one attached hydrogen (secondary N) is 1. The van der Waals surface area contributed by atoms with E-state index in [0.29, 0.717) is 17.5 Å². The standard InChI is InChI=1S/C9H11ClN6/c1-16-6-13-15-9(16)2-3-12-8-5-11-4-7(10)14-8/h4-6H,2-3H2,1H3,(H,12,14). The molecular weight excluding hydrogens is 228 g/mol. The minimum Gasteiger partial charge on any atom is -0.368 e. The third kappa shape index (κ3) is 2.66. The molecule has 2 rings (SSSR count). The zero-order chi connectivity index (χ0) is 11.4. The molecule has 2 heterocycles. The highest BCUT2D eigenvalue weighted by Crippen LogP contribution is 2.06. The van der Waals surface area contributed by atoms with Crippen LogP contribution in [0.1, 0.15) is 5.82 Å². The molecule has 2 aromatic heterocycles. The number of aryl methyl sites for hydroxylation is 1. The van der Waals surface area contributed by atoms with E-state index in [1.165, 1.54) is 6.20 Å². The topological polar surface area (TPSA) is 68.5 Å². The van der Waals surface area contributed by atoms with E-state index in [1.54, 1.807) is 12.5 Å². The van der Waals surface area contributed by atoms with E-state index in [0.717, 1.165) is 12.2 Å². The molecule has 6 nitrogen and oxygen atoms in total. The Bertz CT molecular complexity index is 469. The van der Waals surface area contributed by atoms with Gasteiger partial charge < -0.3 is 9.88 Å². The van der Waals surface area contributed by atoms with Gasteiger partial charge in [0.2, 0.25) is 0 Å². The molecule has 0 radical (unpaired) electrons. The zero-order valence-corrected chi connectivity index (χ0v) is 9.52. The van der Waals surface area contributed by atoms with E-state index < -0.39 is 0 Å². The first kappa shape index (κ1) is 10.8. The second kappa shape index (κ2) is 4.89. The van der Waals surface area contributed by atoms with Gasteiger partial charge in [-0.1, -0.05) is 11.6 Å². The van der Waals surface area contributed by atoms with Gasteiger partial charge in [0.05, 0.1) is 12.4 Å². The Morgan fingerprint density at radius 1 is 1.44 bits per heavy atom. The van der Waals surface area contributed by atoms with Crippen LogP contribution in [0.25, 0.3) is 0 Å². The number of anilines is 1. The third-order valence-corrected chi connectivity index (χ3v) is 2.25. The molecule has 0 saturated heterocycles. The van der Waals surface area contributed by atoms with Gasteiger partial charge in [0.25, 0.3) is 0 Å². The van der Waals surface area contributed by atoms with Crippen LogP contribution in [0.15, 0.2) is 18.7 Å². The van der Waals surface area contributed by atoms with Crippen LogP contribution >= 0.6 is 11.6 Å². The van der Waals surface area contributed by atoms with E-state index in [1.807, 2.05) is 11.6 Å². The number of hydrogen-bond donors (Lipinski definition) is 1. The molecule has 0 aromatic carbocycles. The molecular formula is C9H11ClN6. The third-order valence-electron chi connectivity index (χ3n) is 2.07. The van der Waals surface area contributed by atoms with Crippen LogP contribution in [0.2, 0.25) is 5.15 Å². The van der Waals surface area contributed by atoms with Crippen molar-refractivity contribution in [2.45, 2.75) is 6.42 Å². The van der Waals surface area contributed by atoms with Gasteiger partial charge in [0, 0.05) is 20.0 Å². The van der Waals surface area contributed by atoms with Gasteiger partial charge in [-0.05, 0) is 0 Å². The van der Waals surface area contributed by atoms with E-state index in [9.17, 15) is 0 Å². The van der Waals surface area contributed by atoms with Crippen LogP contribution in [-0.2, 0) is 13.5 Å². The van der Waals surface area contributed by atoms with Crippen LogP contribution in [-0.4, -0.2) is 31.3 Å².